The molecule has 0 bridgehead atoms. The highest BCUT2D eigenvalue weighted by atomic mass is 16.5. The summed E-state index contributed by atoms with van der Waals surface area (Å²) in [5.74, 6) is 0.754. The van der Waals surface area contributed by atoms with Gasteiger partial charge in [-0.1, -0.05) is 26.7 Å². The predicted octanol–water partition coefficient (Wildman–Crippen LogP) is 2.64. The second kappa shape index (κ2) is 8.13. The van der Waals surface area contributed by atoms with Crippen LogP contribution >= 0.6 is 0 Å². The molecule has 0 aliphatic carbocycles. The smallest absolute Gasteiger partial charge is 0.0491 e. The highest BCUT2D eigenvalue weighted by Gasteiger charge is 2.35. The van der Waals surface area contributed by atoms with Gasteiger partial charge in [-0.05, 0) is 44.7 Å². The molecule has 2 N–H and O–H groups in total. The van der Waals surface area contributed by atoms with Crippen molar-refractivity contribution in [1.82, 2.24) is 4.90 Å². The molecule has 1 atom stereocenters. The Morgan fingerprint density at radius 2 is 1.94 bits per heavy atom. The molecule has 1 aliphatic rings. The summed E-state index contributed by atoms with van der Waals surface area (Å²) >= 11 is 0. The molecule has 0 saturated carbocycles. The fourth-order valence-corrected chi connectivity index (χ4v) is 3.25. The normalized spacial score (nSPS) is 22.0. The van der Waals surface area contributed by atoms with Gasteiger partial charge in [-0.25, -0.2) is 0 Å². The van der Waals surface area contributed by atoms with Crippen LogP contribution in [0.1, 0.15) is 52.4 Å². The summed E-state index contributed by atoms with van der Waals surface area (Å²) in [4.78, 5) is 2.66. The quantitative estimate of drug-likeness (QED) is 0.725. The van der Waals surface area contributed by atoms with Crippen LogP contribution in [-0.4, -0.2) is 43.8 Å². The average molecular weight is 256 g/mol. The maximum Gasteiger partial charge on any atom is 0.0491 e. The number of ether oxygens (including phenoxy) is 1. The van der Waals surface area contributed by atoms with Crippen molar-refractivity contribution in [3.05, 3.63) is 0 Å². The average Bonchev–Trinajstić information content (AvgIpc) is 2.42. The van der Waals surface area contributed by atoms with Gasteiger partial charge in [0.1, 0.15) is 0 Å². The molecule has 1 rings (SSSR count). The number of unbranched alkanes of at least 4 members (excludes halogenated alkanes) is 1. The summed E-state index contributed by atoms with van der Waals surface area (Å²) < 4.78 is 5.28. The maximum absolute atomic E-state index is 6.12. The molecule has 3 heteroatoms. The first-order chi connectivity index (χ1) is 8.72. The van der Waals surface area contributed by atoms with Crippen LogP contribution in [0.3, 0.4) is 0 Å². The molecular weight excluding hydrogens is 224 g/mol. The van der Waals surface area contributed by atoms with Gasteiger partial charge in [0.2, 0.25) is 0 Å². The molecule has 0 aromatic rings. The second-order valence-electron chi connectivity index (χ2n) is 5.77. The Bertz CT molecular complexity index is 209. The van der Waals surface area contributed by atoms with Crippen molar-refractivity contribution in [1.29, 1.82) is 0 Å². The van der Waals surface area contributed by atoms with E-state index in [0.717, 1.165) is 19.1 Å². The Balaban J connectivity index is 2.54. The third-order valence-electron chi connectivity index (χ3n) is 4.72. The van der Waals surface area contributed by atoms with Crippen molar-refractivity contribution in [2.24, 2.45) is 11.7 Å². The Morgan fingerprint density at radius 3 is 2.39 bits per heavy atom. The third kappa shape index (κ3) is 3.94. The monoisotopic (exact) mass is 256 g/mol. The van der Waals surface area contributed by atoms with Gasteiger partial charge in [0.15, 0.2) is 0 Å². The summed E-state index contributed by atoms with van der Waals surface area (Å²) in [5, 5.41) is 0. The van der Waals surface area contributed by atoms with E-state index in [1.165, 1.54) is 51.6 Å². The van der Waals surface area contributed by atoms with E-state index >= 15 is 0 Å². The lowest BCUT2D eigenvalue weighted by molar-refractivity contribution is 0.0251. The topological polar surface area (TPSA) is 38.5 Å². The van der Waals surface area contributed by atoms with Gasteiger partial charge in [-0.3, -0.25) is 4.90 Å². The minimum Gasteiger partial charge on any atom is -0.384 e. The van der Waals surface area contributed by atoms with Gasteiger partial charge < -0.3 is 10.5 Å². The number of nitrogens with zero attached hydrogens (tertiary/aromatic N) is 1. The van der Waals surface area contributed by atoms with Crippen molar-refractivity contribution < 1.29 is 4.74 Å². The molecule has 108 valence electrons. The molecule has 1 heterocycles. The van der Waals surface area contributed by atoms with Crippen LogP contribution in [0.4, 0.5) is 0 Å². The van der Waals surface area contributed by atoms with Crippen LogP contribution in [0.15, 0.2) is 0 Å². The molecule has 1 fully saturated rings. The van der Waals surface area contributed by atoms with E-state index in [0.29, 0.717) is 0 Å². The van der Waals surface area contributed by atoms with Crippen LogP contribution in [0.25, 0.3) is 0 Å². The Labute approximate surface area is 113 Å². The lowest BCUT2D eigenvalue weighted by Gasteiger charge is -2.46. The summed E-state index contributed by atoms with van der Waals surface area (Å²) in [6.07, 6.45) is 7.53. The molecule has 1 aliphatic heterocycles. The Kier molecular flexibility index (Phi) is 7.20. The zero-order valence-corrected chi connectivity index (χ0v) is 12.6. The maximum atomic E-state index is 6.12. The molecule has 0 radical (unpaired) electrons. The fourth-order valence-electron chi connectivity index (χ4n) is 3.25. The first-order valence-corrected chi connectivity index (χ1v) is 7.66. The van der Waals surface area contributed by atoms with E-state index < -0.39 is 0 Å². The number of methoxy groups -OCH3 is 1. The number of likely N-dealkylation sites (tertiary alicyclic amines) is 1. The first kappa shape index (κ1) is 15.9. The number of rotatable bonds is 8. The largest absolute Gasteiger partial charge is 0.384 e. The number of nitrogens with two attached hydrogens (primary N) is 1. The zero-order chi connectivity index (χ0) is 13.4. The SMILES string of the molecule is CCCCC(CC)(CN)N1CCC(COC)CC1. The first-order valence-electron chi connectivity index (χ1n) is 7.66. The number of hydrogen-bond acceptors (Lipinski definition) is 3. The molecular formula is C15H32N2O. The number of piperidine rings is 1. The van der Waals surface area contributed by atoms with E-state index in [2.05, 4.69) is 18.7 Å². The third-order valence-corrected chi connectivity index (χ3v) is 4.72. The molecule has 3 nitrogen and oxygen atoms in total. The van der Waals surface area contributed by atoms with Gasteiger partial charge in [-0.15, -0.1) is 0 Å². The lowest BCUT2D eigenvalue weighted by Crippen LogP contribution is -2.56. The fraction of sp³-hybridized carbons (Fsp3) is 1.00. The van der Waals surface area contributed by atoms with Crippen molar-refractivity contribution in [3.8, 4) is 0 Å². The summed E-state index contributed by atoms with van der Waals surface area (Å²) in [7, 11) is 1.81. The van der Waals surface area contributed by atoms with Crippen LogP contribution in [-0.2, 0) is 4.74 Å². The standard InChI is InChI=1S/C15H32N2O/c1-4-6-9-15(5-2,13-16)17-10-7-14(8-11-17)12-18-3/h14H,4-13,16H2,1-3H3. The molecule has 1 saturated heterocycles. The highest BCUT2D eigenvalue weighted by molar-refractivity contribution is 4.92. The van der Waals surface area contributed by atoms with Gasteiger partial charge in [0.25, 0.3) is 0 Å². The van der Waals surface area contributed by atoms with E-state index in [9.17, 15) is 0 Å². The molecule has 0 spiro atoms. The minimum atomic E-state index is 0.258. The zero-order valence-electron chi connectivity index (χ0n) is 12.6. The van der Waals surface area contributed by atoms with Crippen LogP contribution in [0.5, 0.6) is 0 Å². The lowest BCUT2D eigenvalue weighted by atomic mass is 9.84. The van der Waals surface area contributed by atoms with Crippen molar-refractivity contribution in [2.75, 3.05) is 33.4 Å². The van der Waals surface area contributed by atoms with Crippen LogP contribution < -0.4 is 5.73 Å². The van der Waals surface area contributed by atoms with E-state index in [1.807, 2.05) is 7.11 Å². The molecule has 18 heavy (non-hydrogen) atoms. The highest BCUT2D eigenvalue weighted by Crippen LogP contribution is 2.30. The minimum absolute atomic E-state index is 0.258. The van der Waals surface area contributed by atoms with E-state index in [1.54, 1.807) is 0 Å². The van der Waals surface area contributed by atoms with E-state index in [4.69, 9.17) is 10.5 Å². The van der Waals surface area contributed by atoms with Crippen molar-refractivity contribution in [2.45, 2.75) is 57.9 Å². The van der Waals surface area contributed by atoms with Gasteiger partial charge >= 0.3 is 0 Å². The summed E-state index contributed by atoms with van der Waals surface area (Å²) in [6, 6.07) is 0. The predicted molar refractivity (Wildman–Crippen MR) is 77.8 cm³/mol. The Hall–Kier alpha value is -0.120. The number of hydrogen-bond donors (Lipinski definition) is 1. The summed E-state index contributed by atoms with van der Waals surface area (Å²) in [6.45, 7) is 8.68. The van der Waals surface area contributed by atoms with Crippen LogP contribution in [0, 0.1) is 5.92 Å². The van der Waals surface area contributed by atoms with Crippen molar-refractivity contribution >= 4 is 0 Å². The van der Waals surface area contributed by atoms with Gasteiger partial charge in [-0.2, -0.15) is 0 Å². The second-order valence-corrected chi connectivity index (χ2v) is 5.77. The Morgan fingerprint density at radius 1 is 1.28 bits per heavy atom. The van der Waals surface area contributed by atoms with E-state index in [-0.39, 0.29) is 5.54 Å². The molecule has 0 aromatic carbocycles. The van der Waals surface area contributed by atoms with Gasteiger partial charge in [0, 0.05) is 25.8 Å². The molecule has 0 amide bonds. The van der Waals surface area contributed by atoms with Crippen molar-refractivity contribution in [3.63, 3.8) is 0 Å². The molecule has 0 aromatic heterocycles. The van der Waals surface area contributed by atoms with Gasteiger partial charge in [0.05, 0.1) is 0 Å². The van der Waals surface area contributed by atoms with Crippen LogP contribution in [0.2, 0.25) is 0 Å². The molecule has 1 unspecified atom stereocenters. The summed E-state index contributed by atoms with van der Waals surface area (Å²) in [5.41, 5.74) is 6.37.